The Morgan fingerprint density at radius 1 is 1.14 bits per heavy atom. The summed E-state index contributed by atoms with van der Waals surface area (Å²) in [4.78, 5) is 28.6. The maximum absolute atomic E-state index is 12.2. The van der Waals surface area contributed by atoms with Crippen LogP contribution in [0, 0.1) is 0 Å². The molecule has 0 unspecified atom stereocenters. The maximum Gasteiger partial charge on any atom is 0.252 e. The van der Waals surface area contributed by atoms with Gasteiger partial charge in [-0.25, -0.2) is 0 Å². The molecule has 5 nitrogen and oxygen atoms in total. The molecule has 110 valence electrons. The fourth-order valence-corrected chi connectivity index (χ4v) is 2.18. The molecule has 2 amide bonds. The van der Waals surface area contributed by atoms with Gasteiger partial charge in [0.15, 0.2) is 0 Å². The standard InChI is InChI=1S/C16H12ClN3O2/c17-11-7-5-10(6-8-11)15(21)20-14-9-18-12-3-1-2-4-13(12)19-16(14)22/h1-9,14H,(H,19,22)(H,20,21)/t14-/m1/s1. The first-order valence-corrected chi connectivity index (χ1v) is 7.02. The lowest BCUT2D eigenvalue weighted by atomic mass is 10.2. The largest absolute Gasteiger partial charge is 0.336 e. The summed E-state index contributed by atoms with van der Waals surface area (Å²) >= 11 is 5.79. The third-order valence-corrected chi connectivity index (χ3v) is 3.45. The number of fused-ring (bicyclic) bond motifs is 1. The summed E-state index contributed by atoms with van der Waals surface area (Å²) in [5.41, 5.74) is 1.69. The number of hydrogen-bond acceptors (Lipinski definition) is 3. The van der Waals surface area contributed by atoms with E-state index >= 15 is 0 Å². The second-order valence-corrected chi connectivity index (χ2v) is 5.18. The molecule has 0 bridgehead atoms. The van der Waals surface area contributed by atoms with E-state index in [1.807, 2.05) is 6.07 Å². The van der Waals surface area contributed by atoms with Gasteiger partial charge in [-0.05, 0) is 36.4 Å². The predicted molar refractivity (Wildman–Crippen MR) is 85.9 cm³/mol. The fraction of sp³-hybridized carbons (Fsp3) is 0.0625. The molecule has 1 aliphatic heterocycles. The second kappa shape index (κ2) is 5.99. The molecule has 1 atom stereocenters. The maximum atomic E-state index is 12.2. The predicted octanol–water partition coefficient (Wildman–Crippen LogP) is 2.79. The molecule has 1 heterocycles. The molecule has 22 heavy (non-hydrogen) atoms. The molecule has 0 spiro atoms. The highest BCUT2D eigenvalue weighted by Gasteiger charge is 2.22. The van der Waals surface area contributed by atoms with Crippen molar-refractivity contribution in [2.45, 2.75) is 6.04 Å². The van der Waals surface area contributed by atoms with Crippen molar-refractivity contribution in [2.75, 3.05) is 5.32 Å². The monoisotopic (exact) mass is 313 g/mol. The van der Waals surface area contributed by atoms with Crippen LogP contribution in [0.3, 0.4) is 0 Å². The highest BCUT2D eigenvalue weighted by Crippen LogP contribution is 2.25. The number of amides is 2. The highest BCUT2D eigenvalue weighted by atomic mass is 35.5. The van der Waals surface area contributed by atoms with Crippen molar-refractivity contribution >= 4 is 41.0 Å². The van der Waals surface area contributed by atoms with Crippen LogP contribution in [0.15, 0.2) is 53.5 Å². The number of halogens is 1. The van der Waals surface area contributed by atoms with E-state index in [1.165, 1.54) is 6.21 Å². The number of aliphatic imine (C=N–C) groups is 1. The number of carbonyl (C=O) groups excluding carboxylic acids is 2. The van der Waals surface area contributed by atoms with E-state index in [1.54, 1.807) is 42.5 Å². The molecular weight excluding hydrogens is 302 g/mol. The van der Waals surface area contributed by atoms with Crippen LogP contribution < -0.4 is 10.6 Å². The summed E-state index contributed by atoms with van der Waals surface area (Å²) in [7, 11) is 0. The number of para-hydroxylation sites is 2. The van der Waals surface area contributed by atoms with E-state index in [-0.39, 0.29) is 11.8 Å². The average molecular weight is 314 g/mol. The quantitative estimate of drug-likeness (QED) is 0.895. The molecule has 0 aromatic heterocycles. The van der Waals surface area contributed by atoms with Gasteiger partial charge in [0.25, 0.3) is 11.8 Å². The van der Waals surface area contributed by atoms with Gasteiger partial charge >= 0.3 is 0 Å². The Kier molecular flexibility index (Phi) is 3.89. The Balaban J connectivity index is 1.77. The van der Waals surface area contributed by atoms with Crippen molar-refractivity contribution < 1.29 is 9.59 Å². The van der Waals surface area contributed by atoms with Crippen molar-refractivity contribution in [3.63, 3.8) is 0 Å². The van der Waals surface area contributed by atoms with Crippen LogP contribution in [0.5, 0.6) is 0 Å². The Morgan fingerprint density at radius 3 is 2.64 bits per heavy atom. The minimum atomic E-state index is -0.837. The van der Waals surface area contributed by atoms with Crippen LogP contribution in [0.4, 0.5) is 11.4 Å². The third kappa shape index (κ3) is 2.99. The van der Waals surface area contributed by atoms with Crippen molar-refractivity contribution in [3.05, 3.63) is 59.1 Å². The van der Waals surface area contributed by atoms with E-state index < -0.39 is 6.04 Å². The van der Waals surface area contributed by atoms with Gasteiger partial charge in [0.1, 0.15) is 6.04 Å². The second-order valence-electron chi connectivity index (χ2n) is 4.74. The minimum Gasteiger partial charge on any atom is -0.336 e. The molecule has 0 saturated carbocycles. The van der Waals surface area contributed by atoms with Crippen LogP contribution in [0.2, 0.25) is 5.02 Å². The van der Waals surface area contributed by atoms with Gasteiger partial charge in [0, 0.05) is 16.8 Å². The summed E-state index contributed by atoms with van der Waals surface area (Å²) < 4.78 is 0. The van der Waals surface area contributed by atoms with Crippen molar-refractivity contribution in [3.8, 4) is 0 Å². The first kappa shape index (κ1) is 14.3. The van der Waals surface area contributed by atoms with Gasteiger partial charge in [-0.2, -0.15) is 0 Å². The van der Waals surface area contributed by atoms with Crippen molar-refractivity contribution in [1.29, 1.82) is 0 Å². The summed E-state index contributed by atoms with van der Waals surface area (Å²) in [5.74, 6) is -0.703. The van der Waals surface area contributed by atoms with E-state index in [4.69, 9.17) is 11.6 Å². The van der Waals surface area contributed by atoms with E-state index in [0.29, 0.717) is 22.0 Å². The van der Waals surface area contributed by atoms with Crippen LogP contribution in [0.1, 0.15) is 10.4 Å². The number of carbonyl (C=O) groups is 2. The zero-order valence-electron chi connectivity index (χ0n) is 11.4. The van der Waals surface area contributed by atoms with E-state index in [2.05, 4.69) is 15.6 Å². The number of hydrogen-bond donors (Lipinski definition) is 2. The lowest BCUT2D eigenvalue weighted by Crippen LogP contribution is -2.44. The Hall–Kier alpha value is -2.66. The number of anilines is 1. The lowest BCUT2D eigenvalue weighted by molar-refractivity contribution is -0.116. The zero-order chi connectivity index (χ0) is 15.5. The Morgan fingerprint density at radius 2 is 1.86 bits per heavy atom. The first-order valence-electron chi connectivity index (χ1n) is 6.64. The molecule has 0 aliphatic carbocycles. The third-order valence-electron chi connectivity index (χ3n) is 3.20. The van der Waals surface area contributed by atoms with Crippen LogP contribution >= 0.6 is 11.6 Å². The van der Waals surface area contributed by atoms with Gasteiger partial charge in [-0.15, -0.1) is 0 Å². The SMILES string of the molecule is O=C(N[C@@H]1C=Nc2ccccc2NC1=O)c1ccc(Cl)cc1. The average Bonchev–Trinajstić information content (AvgIpc) is 2.67. The molecule has 2 N–H and O–H groups in total. The molecule has 6 heteroatoms. The molecular formula is C16H12ClN3O2. The Bertz CT molecular complexity index is 756. The molecule has 0 radical (unpaired) electrons. The summed E-state index contributed by atoms with van der Waals surface area (Å²) in [6, 6.07) is 12.8. The number of nitrogens with zero attached hydrogens (tertiary/aromatic N) is 1. The number of benzene rings is 2. The van der Waals surface area contributed by atoms with Crippen LogP contribution in [-0.4, -0.2) is 24.1 Å². The smallest absolute Gasteiger partial charge is 0.252 e. The lowest BCUT2D eigenvalue weighted by Gasteiger charge is -2.12. The van der Waals surface area contributed by atoms with E-state index in [9.17, 15) is 9.59 Å². The van der Waals surface area contributed by atoms with E-state index in [0.717, 1.165) is 0 Å². The molecule has 0 fully saturated rings. The topological polar surface area (TPSA) is 70.6 Å². The fourth-order valence-electron chi connectivity index (χ4n) is 2.05. The van der Waals surface area contributed by atoms with Gasteiger partial charge in [-0.3, -0.25) is 14.6 Å². The summed E-state index contributed by atoms with van der Waals surface area (Å²) in [6.45, 7) is 0. The van der Waals surface area contributed by atoms with Gasteiger partial charge < -0.3 is 10.6 Å². The number of nitrogens with one attached hydrogen (secondary N) is 2. The van der Waals surface area contributed by atoms with Gasteiger partial charge in [0.05, 0.1) is 11.4 Å². The molecule has 1 aliphatic rings. The summed E-state index contributed by atoms with van der Waals surface area (Å²) in [5, 5.41) is 5.92. The molecule has 0 saturated heterocycles. The normalized spacial score (nSPS) is 16.4. The van der Waals surface area contributed by atoms with Crippen LogP contribution in [-0.2, 0) is 4.79 Å². The van der Waals surface area contributed by atoms with Crippen LogP contribution in [0.25, 0.3) is 0 Å². The minimum absolute atomic E-state index is 0.337. The van der Waals surface area contributed by atoms with Gasteiger partial charge in [-0.1, -0.05) is 23.7 Å². The number of rotatable bonds is 2. The Labute approximate surface area is 132 Å². The summed E-state index contributed by atoms with van der Waals surface area (Å²) in [6.07, 6.45) is 1.43. The zero-order valence-corrected chi connectivity index (χ0v) is 12.2. The van der Waals surface area contributed by atoms with Crippen molar-refractivity contribution in [2.24, 2.45) is 4.99 Å². The molecule has 3 rings (SSSR count). The van der Waals surface area contributed by atoms with Crippen molar-refractivity contribution in [1.82, 2.24) is 5.32 Å². The van der Waals surface area contributed by atoms with Gasteiger partial charge in [0.2, 0.25) is 0 Å². The highest BCUT2D eigenvalue weighted by molar-refractivity contribution is 6.30. The molecule has 2 aromatic carbocycles. The molecule has 2 aromatic rings. The first-order chi connectivity index (χ1) is 10.6.